The Morgan fingerprint density at radius 2 is 1.63 bits per heavy atom. The first kappa shape index (κ1) is 15.4. The van der Waals surface area contributed by atoms with Gasteiger partial charge >= 0.3 is 0 Å². The molecule has 0 spiro atoms. The molecule has 0 amide bonds. The highest BCUT2D eigenvalue weighted by Gasteiger charge is 2.11. The zero-order valence-electron chi connectivity index (χ0n) is 12.2. The van der Waals surface area contributed by atoms with Crippen LogP contribution in [-0.2, 0) is 0 Å². The standard InChI is InChI=1S/C14H24N2O3/c1-10(15)6-5-7-16-11-8-13(18-3)14(19-4)9-12(11)17-2/h8-10,16H,5-7,15H2,1-4H3. The third-order valence-electron chi connectivity index (χ3n) is 2.86. The van der Waals surface area contributed by atoms with Gasteiger partial charge in [0.15, 0.2) is 11.5 Å². The predicted molar refractivity (Wildman–Crippen MR) is 77.5 cm³/mol. The fourth-order valence-electron chi connectivity index (χ4n) is 1.81. The molecule has 0 heterocycles. The topological polar surface area (TPSA) is 65.7 Å². The summed E-state index contributed by atoms with van der Waals surface area (Å²) in [4.78, 5) is 0. The molecule has 19 heavy (non-hydrogen) atoms. The molecular formula is C14H24N2O3. The van der Waals surface area contributed by atoms with Gasteiger partial charge in [-0.25, -0.2) is 0 Å². The average Bonchev–Trinajstić information content (AvgIpc) is 2.42. The molecule has 0 aliphatic rings. The lowest BCUT2D eigenvalue weighted by molar-refractivity contribution is 0.349. The zero-order valence-corrected chi connectivity index (χ0v) is 12.2. The van der Waals surface area contributed by atoms with Gasteiger partial charge in [0.25, 0.3) is 0 Å². The number of hydrogen-bond acceptors (Lipinski definition) is 5. The summed E-state index contributed by atoms with van der Waals surface area (Å²) < 4.78 is 15.9. The van der Waals surface area contributed by atoms with E-state index in [9.17, 15) is 0 Å². The molecule has 5 heteroatoms. The first-order chi connectivity index (χ1) is 9.12. The maximum Gasteiger partial charge on any atom is 0.164 e. The van der Waals surface area contributed by atoms with Crippen molar-refractivity contribution in [3.05, 3.63) is 12.1 Å². The third-order valence-corrected chi connectivity index (χ3v) is 2.86. The number of ether oxygens (including phenoxy) is 3. The van der Waals surface area contributed by atoms with Crippen LogP contribution in [0.15, 0.2) is 12.1 Å². The van der Waals surface area contributed by atoms with Crippen LogP contribution >= 0.6 is 0 Å². The predicted octanol–water partition coefficient (Wildman–Crippen LogP) is 2.25. The SMILES string of the molecule is COc1cc(OC)c(OC)cc1NCCCC(C)N. The van der Waals surface area contributed by atoms with Gasteiger partial charge < -0.3 is 25.3 Å². The number of benzene rings is 1. The van der Waals surface area contributed by atoms with Crippen LogP contribution in [0.25, 0.3) is 0 Å². The summed E-state index contributed by atoms with van der Waals surface area (Å²) in [6.45, 7) is 2.85. The summed E-state index contributed by atoms with van der Waals surface area (Å²) in [6.07, 6.45) is 2.00. The molecule has 0 bridgehead atoms. The maximum absolute atomic E-state index is 5.72. The van der Waals surface area contributed by atoms with Gasteiger partial charge in [-0.15, -0.1) is 0 Å². The molecule has 0 radical (unpaired) electrons. The molecule has 0 saturated heterocycles. The Labute approximate surface area is 115 Å². The molecule has 0 fully saturated rings. The van der Waals surface area contributed by atoms with Gasteiger partial charge in [-0.05, 0) is 19.8 Å². The van der Waals surface area contributed by atoms with Crippen LogP contribution < -0.4 is 25.3 Å². The largest absolute Gasteiger partial charge is 0.494 e. The van der Waals surface area contributed by atoms with Crippen molar-refractivity contribution in [2.75, 3.05) is 33.2 Å². The van der Waals surface area contributed by atoms with Crippen LogP contribution in [0.1, 0.15) is 19.8 Å². The number of rotatable bonds is 8. The fraction of sp³-hybridized carbons (Fsp3) is 0.571. The minimum atomic E-state index is 0.231. The van der Waals surface area contributed by atoms with E-state index in [1.807, 2.05) is 19.1 Å². The number of nitrogens with one attached hydrogen (secondary N) is 1. The second-order valence-electron chi connectivity index (χ2n) is 4.45. The zero-order chi connectivity index (χ0) is 14.3. The third kappa shape index (κ3) is 4.52. The number of anilines is 1. The molecule has 1 rings (SSSR count). The van der Waals surface area contributed by atoms with Crippen molar-refractivity contribution in [1.29, 1.82) is 0 Å². The molecule has 108 valence electrons. The van der Waals surface area contributed by atoms with Crippen LogP contribution in [0.4, 0.5) is 5.69 Å². The minimum Gasteiger partial charge on any atom is -0.494 e. The second kappa shape index (κ2) is 7.74. The Kier molecular flexibility index (Phi) is 6.29. The smallest absolute Gasteiger partial charge is 0.164 e. The second-order valence-corrected chi connectivity index (χ2v) is 4.45. The number of hydrogen-bond donors (Lipinski definition) is 2. The Bertz CT molecular complexity index is 395. The van der Waals surface area contributed by atoms with Crippen LogP contribution in [0.2, 0.25) is 0 Å². The van der Waals surface area contributed by atoms with Crippen molar-refractivity contribution in [3.8, 4) is 17.2 Å². The lowest BCUT2D eigenvalue weighted by Gasteiger charge is -2.15. The summed E-state index contributed by atoms with van der Waals surface area (Å²) in [5.41, 5.74) is 6.62. The van der Waals surface area contributed by atoms with Crippen molar-refractivity contribution in [1.82, 2.24) is 0 Å². The van der Waals surface area contributed by atoms with E-state index in [0.29, 0.717) is 11.5 Å². The molecule has 1 atom stereocenters. The first-order valence-corrected chi connectivity index (χ1v) is 6.41. The lowest BCUT2D eigenvalue weighted by atomic mass is 10.2. The van der Waals surface area contributed by atoms with Gasteiger partial charge in [-0.3, -0.25) is 0 Å². The summed E-state index contributed by atoms with van der Waals surface area (Å²) in [7, 11) is 4.85. The summed E-state index contributed by atoms with van der Waals surface area (Å²) >= 11 is 0. The molecule has 0 saturated carbocycles. The lowest BCUT2D eigenvalue weighted by Crippen LogP contribution is -2.16. The highest BCUT2D eigenvalue weighted by Crippen LogP contribution is 2.37. The van der Waals surface area contributed by atoms with Gasteiger partial charge in [0.1, 0.15) is 5.75 Å². The molecule has 5 nitrogen and oxygen atoms in total. The molecular weight excluding hydrogens is 244 g/mol. The molecule has 0 aliphatic carbocycles. The van der Waals surface area contributed by atoms with Crippen LogP contribution in [0.5, 0.6) is 17.2 Å². The van der Waals surface area contributed by atoms with Crippen molar-refractivity contribution in [2.45, 2.75) is 25.8 Å². The van der Waals surface area contributed by atoms with Crippen LogP contribution in [-0.4, -0.2) is 33.9 Å². The maximum atomic E-state index is 5.72. The minimum absolute atomic E-state index is 0.231. The van der Waals surface area contributed by atoms with Gasteiger partial charge in [0, 0.05) is 24.7 Å². The number of methoxy groups -OCH3 is 3. The summed E-state index contributed by atoms with van der Waals surface area (Å²) in [6, 6.07) is 3.92. The average molecular weight is 268 g/mol. The van der Waals surface area contributed by atoms with E-state index in [0.717, 1.165) is 30.8 Å². The Morgan fingerprint density at radius 3 is 2.16 bits per heavy atom. The van der Waals surface area contributed by atoms with Crippen LogP contribution in [0, 0.1) is 0 Å². The molecule has 1 aromatic rings. The van der Waals surface area contributed by atoms with E-state index in [2.05, 4.69) is 5.32 Å². The first-order valence-electron chi connectivity index (χ1n) is 6.41. The monoisotopic (exact) mass is 268 g/mol. The molecule has 1 unspecified atom stereocenters. The van der Waals surface area contributed by atoms with E-state index in [4.69, 9.17) is 19.9 Å². The number of nitrogens with two attached hydrogens (primary N) is 1. The van der Waals surface area contributed by atoms with Crippen molar-refractivity contribution in [2.24, 2.45) is 5.73 Å². The van der Waals surface area contributed by atoms with Gasteiger partial charge in [-0.1, -0.05) is 0 Å². The normalized spacial score (nSPS) is 11.8. The van der Waals surface area contributed by atoms with Crippen molar-refractivity contribution >= 4 is 5.69 Å². The summed E-state index contributed by atoms with van der Waals surface area (Å²) in [5, 5.41) is 3.33. The quantitative estimate of drug-likeness (QED) is 0.708. The molecule has 0 aromatic heterocycles. The highest BCUT2D eigenvalue weighted by molar-refractivity contribution is 5.64. The Hall–Kier alpha value is -1.62. The van der Waals surface area contributed by atoms with E-state index < -0.39 is 0 Å². The molecule has 1 aromatic carbocycles. The highest BCUT2D eigenvalue weighted by atomic mass is 16.5. The summed E-state index contributed by atoms with van der Waals surface area (Å²) in [5.74, 6) is 2.07. The van der Waals surface area contributed by atoms with Gasteiger partial charge in [0.2, 0.25) is 0 Å². The van der Waals surface area contributed by atoms with E-state index in [1.54, 1.807) is 21.3 Å². The van der Waals surface area contributed by atoms with E-state index >= 15 is 0 Å². The van der Waals surface area contributed by atoms with Crippen molar-refractivity contribution in [3.63, 3.8) is 0 Å². The Morgan fingerprint density at radius 1 is 1.05 bits per heavy atom. The van der Waals surface area contributed by atoms with Crippen molar-refractivity contribution < 1.29 is 14.2 Å². The van der Waals surface area contributed by atoms with Crippen LogP contribution in [0.3, 0.4) is 0 Å². The van der Waals surface area contributed by atoms with E-state index in [1.165, 1.54) is 0 Å². The molecule has 3 N–H and O–H groups in total. The van der Waals surface area contributed by atoms with Gasteiger partial charge in [-0.2, -0.15) is 0 Å². The Balaban J connectivity index is 2.75. The van der Waals surface area contributed by atoms with Gasteiger partial charge in [0.05, 0.1) is 27.0 Å². The fourth-order valence-corrected chi connectivity index (χ4v) is 1.81. The van der Waals surface area contributed by atoms with E-state index in [-0.39, 0.29) is 6.04 Å². The molecule has 0 aliphatic heterocycles.